The molecule has 22 heavy (non-hydrogen) atoms. The van der Waals surface area contributed by atoms with Gasteiger partial charge in [-0.15, -0.1) is 0 Å². The van der Waals surface area contributed by atoms with E-state index in [1.54, 1.807) is 0 Å². The van der Waals surface area contributed by atoms with Crippen LogP contribution in [0.4, 0.5) is 5.69 Å². The predicted molar refractivity (Wildman–Crippen MR) is 80.9 cm³/mol. The Morgan fingerprint density at radius 3 is 2.64 bits per heavy atom. The molecule has 114 valence electrons. The molecule has 0 aromatic heterocycles. The molecule has 2 atom stereocenters. The Kier molecular flexibility index (Phi) is 3.53. The fourth-order valence-electron chi connectivity index (χ4n) is 3.11. The Balaban J connectivity index is 2.00. The van der Waals surface area contributed by atoms with E-state index in [1.165, 1.54) is 18.2 Å². The maximum Gasteiger partial charge on any atom is 0.337 e. The van der Waals surface area contributed by atoms with Crippen LogP contribution in [-0.2, 0) is 9.59 Å². The summed E-state index contributed by atoms with van der Waals surface area (Å²) >= 11 is 5.83. The number of carbonyl (C=O) groups excluding carboxylic acids is 2. The first-order valence-electron chi connectivity index (χ1n) is 6.96. The van der Waals surface area contributed by atoms with Gasteiger partial charge in [0.15, 0.2) is 0 Å². The van der Waals surface area contributed by atoms with Crippen molar-refractivity contribution in [2.45, 2.75) is 19.8 Å². The van der Waals surface area contributed by atoms with E-state index in [-0.39, 0.29) is 39.9 Å². The lowest BCUT2D eigenvalue weighted by Crippen LogP contribution is -2.31. The van der Waals surface area contributed by atoms with E-state index in [1.807, 2.05) is 13.0 Å². The zero-order valence-electron chi connectivity index (χ0n) is 11.9. The van der Waals surface area contributed by atoms with Crippen molar-refractivity contribution < 1.29 is 19.5 Å². The second-order valence-corrected chi connectivity index (χ2v) is 6.09. The molecule has 0 radical (unpaired) electrons. The second-order valence-electron chi connectivity index (χ2n) is 5.68. The standard InChI is InChI=1S/C16H14ClNO4/c1-8-2-4-10-11(6-8)15(20)18(14(10)19)9-3-5-13(17)12(7-9)16(21)22/h2-3,5,7,10-11H,4,6H2,1H3,(H,21,22)/t10-,11+/m1/s1. The van der Waals surface area contributed by atoms with Crippen molar-refractivity contribution in [3.05, 3.63) is 40.4 Å². The van der Waals surface area contributed by atoms with Crippen LogP contribution < -0.4 is 4.90 Å². The average Bonchev–Trinajstić information content (AvgIpc) is 2.71. The molecule has 1 heterocycles. The lowest BCUT2D eigenvalue weighted by atomic mass is 9.82. The van der Waals surface area contributed by atoms with E-state index in [2.05, 4.69) is 0 Å². The third-order valence-corrected chi connectivity index (χ3v) is 4.59. The van der Waals surface area contributed by atoms with Gasteiger partial charge in [-0.2, -0.15) is 0 Å². The molecule has 1 aliphatic carbocycles. The number of carboxylic acids is 1. The fourth-order valence-corrected chi connectivity index (χ4v) is 3.31. The molecule has 6 heteroatoms. The summed E-state index contributed by atoms with van der Waals surface area (Å²) in [6.45, 7) is 1.95. The van der Waals surface area contributed by atoms with Crippen LogP contribution in [0.1, 0.15) is 30.1 Å². The van der Waals surface area contributed by atoms with Crippen LogP contribution >= 0.6 is 11.6 Å². The van der Waals surface area contributed by atoms with Crippen molar-refractivity contribution >= 4 is 35.1 Å². The third kappa shape index (κ3) is 2.22. The molecule has 5 nitrogen and oxygen atoms in total. The van der Waals surface area contributed by atoms with Crippen LogP contribution in [0, 0.1) is 11.8 Å². The highest BCUT2D eigenvalue weighted by molar-refractivity contribution is 6.34. The van der Waals surface area contributed by atoms with E-state index >= 15 is 0 Å². The van der Waals surface area contributed by atoms with Gasteiger partial charge < -0.3 is 5.11 Å². The number of carbonyl (C=O) groups is 3. The molecule has 1 N–H and O–H groups in total. The van der Waals surface area contributed by atoms with Crippen LogP contribution in [0.5, 0.6) is 0 Å². The number of rotatable bonds is 2. The summed E-state index contributed by atoms with van der Waals surface area (Å²) in [5, 5.41) is 9.20. The highest BCUT2D eigenvalue weighted by atomic mass is 35.5. The van der Waals surface area contributed by atoms with Gasteiger partial charge in [0.25, 0.3) is 0 Å². The molecular weight excluding hydrogens is 306 g/mol. The molecule has 1 aromatic carbocycles. The van der Waals surface area contributed by atoms with Gasteiger partial charge in [0.2, 0.25) is 11.8 Å². The zero-order valence-corrected chi connectivity index (χ0v) is 12.6. The van der Waals surface area contributed by atoms with Crippen LogP contribution in [0.25, 0.3) is 0 Å². The predicted octanol–water partition coefficient (Wildman–Crippen LogP) is 2.88. The Bertz CT molecular complexity index is 725. The van der Waals surface area contributed by atoms with Crippen LogP contribution in [0.2, 0.25) is 5.02 Å². The Hall–Kier alpha value is -2.14. The number of hydrogen-bond acceptors (Lipinski definition) is 3. The summed E-state index contributed by atoms with van der Waals surface area (Å²) in [6.07, 6.45) is 3.11. The van der Waals surface area contributed by atoms with Crippen molar-refractivity contribution in [2.24, 2.45) is 11.8 Å². The number of carboxylic acid groups (broad SMARTS) is 1. The minimum Gasteiger partial charge on any atom is -0.478 e. The topological polar surface area (TPSA) is 74.7 Å². The molecule has 1 aromatic rings. The first-order valence-corrected chi connectivity index (χ1v) is 7.34. The first kappa shape index (κ1) is 14.8. The number of aromatic carboxylic acids is 1. The number of benzene rings is 1. The summed E-state index contributed by atoms with van der Waals surface area (Å²) < 4.78 is 0. The average molecular weight is 320 g/mol. The molecule has 2 amide bonds. The summed E-state index contributed by atoms with van der Waals surface area (Å²) in [5.41, 5.74) is 1.25. The van der Waals surface area contributed by atoms with E-state index in [4.69, 9.17) is 16.7 Å². The molecule has 1 fully saturated rings. The van der Waals surface area contributed by atoms with Crippen molar-refractivity contribution in [2.75, 3.05) is 4.90 Å². The molecule has 0 unspecified atom stereocenters. The largest absolute Gasteiger partial charge is 0.478 e. The minimum absolute atomic E-state index is 0.0743. The Morgan fingerprint density at radius 2 is 1.95 bits per heavy atom. The molecule has 1 aliphatic heterocycles. The van der Waals surface area contributed by atoms with Crippen molar-refractivity contribution in [3.8, 4) is 0 Å². The number of fused-ring (bicyclic) bond motifs is 1. The molecular formula is C16H14ClNO4. The van der Waals surface area contributed by atoms with Crippen LogP contribution in [-0.4, -0.2) is 22.9 Å². The zero-order chi connectivity index (χ0) is 16.0. The fraction of sp³-hybridized carbons (Fsp3) is 0.312. The normalized spacial score (nSPS) is 24.3. The molecule has 0 spiro atoms. The number of nitrogens with zero attached hydrogens (tertiary/aromatic N) is 1. The maximum atomic E-state index is 12.6. The quantitative estimate of drug-likeness (QED) is 0.672. The highest BCUT2D eigenvalue weighted by Gasteiger charge is 2.48. The summed E-state index contributed by atoms with van der Waals surface area (Å²) in [4.78, 5) is 37.3. The summed E-state index contributed by atoms with van der Waals surface area (Å²) in [6, 6.07) is 4.17. The molecule has 0 bridgehead atoms. The second kappa shape index (κ2) is 5.25. The Labute approximate surface area is 132 Å². The molecule has 2 aliphatic rings. The lowest BCUT2D eigenvalue weighted by molar-refractivity contribution is -0.122. The van der Waals surface area contributed by atoms with Gasteiger partial charge >= 0.3 is 5.97 Å². The number of anilines is 1. The third-order valence-electron chi connectivity index (χ3n) is 4.26. The lowest BCUT2D eigenvalue weighted by Gasteiger charge is -2.18. The molecule has 3 rings (SSSR count). The van der Waals surface area contributed by atoms with Crippen LogP contribution in [0.3, 0.4) is 0 Å². The Morgan fingerprint density at radius 1 is 1.27 bits per heavy atom. The van der Waals surface area contributed by atoms with Gasteiger partial charge in [-0.25, -0.2) is 4.79 Å². The summed E-state index contributed by atoms with van der Waals surface area (Å²) in [5.74, 6) is -2.42. The van der Waals surface area contributed by atoms with E-state index < -0.39 is 5.97 Å². The van der Waals surface area contributed by atoms with Gasteiger partial charge in [0, 0.05) is 0 Å². The smallest absolute Gasteiger partial charge is 0.337 e. The van der Waals surface area contributed by atoms with Gasteiger partial charge in [-0.05, 0) is 38.0 Å². The van der Waals surface area contributed by atoms with Crippen molar-refractivity contribution in [1.29, 1.82) is 0 Å². The monoisotopic (exact) mass is 319 g/mol. The molecule has 0 saturated carbocycles. The van der Waals surface area contributed by atoms with E-state index in [0.717, 1.165) is 10.5 Å². The maximum absolute atomic E-state index is 12.6. The van der Waals surface area contributed by atoms with Gasteiger partial charge in [0.1, 0.15) is 0 Å². The van der Waals surface area contributed by atoms with E-state index in [9.17, 15) is 14.4 Å². The number of hydrogen-bond donors (Lipinski definition) is 1. The van der Waals surface area contributed by atoms with Crippen molar-refractivity contribution in [1.82, 2.24) is 0 Å². The number of halogens is 1. The molecule has 1 saturated heterocycles. The number of allylic oxidation sites excluding steroid dienone is 2. The van der Waals surface area contributed by atoms with E-state index in [0.29, 0.717) is 12.8 Å². The SMILES string of the molecule is CC1=CC[C@H]2C(=O)N(c3ccc(Cl)c(C(=O)O)c3)C(=O)[C@H]2C1. The first-order chi connectivity index (χ1) is 10.4. The van der Waals surface area contributed by atoms with Crippen LogP contribution in [0.15, 0.2) is 29.8 Å². The van der Waals surface area contributed by atoms with Gasteiger partial charge in [-0.3, -0.25) is 14.5 Å². The minimum atomic E-state index is -1.19. The number of imide groups is 1. The number of amides is 2. The van der Waals surface area contributed by atoms with Gasteiger partial charge in [0.05, 0.1) is 28.1 Å². The van der Waals surface area contributed by atoms with Crippen molar-refractivity contribution in [3.63, 3.8) is 0 Å². The highest BCUT2D eigenvalue weighted by Crippen LogP contribution is 2.40. The summed E-state index contributed by atoms with van der Waals surface area (Å²) in [7, 11) is 0. The van der Waals surface area contributed by atoms with Gasteiger partial charge in [-0.1, -0.05) is 23.3 Å².